The van der Waals surface area contributed by atoms with Crippen LogP contribution in [0, 0.1) is 20.8 Å². The van der Waals surface area contributed by atoms with Crippen LogP contribution < -0.4 is 5.32 Å². The van der Waals surface area contributed by atoms with E-state index in [-0.39, 0.29) is 5.91 Å². The van der Waals surface area contributed by atoms with Crippen molar-refractivity contribution >= 4 is 16.8 Å². The van der Waals surface area contributed by atoms with Crippen LogP contribution in [0.1, 0.15) is 27.2 Å². The van der Waals surface area contributed by atoms with Gasteiger partial charge in [-0.05, 0) is 38.5 Å². The molecule has 118 valence electrons. The van der Waals surface area contributed by atoms with Crippen LogP contribution in [-0.4, -0.2) is 32.2 Å². The van der Waals surface area contributed by atoms with E-state index in [1.807, 2.05) is 37.5 Å². The number of hydrogen-bond donors (Lipinski definition) is 1. The molecule has 1 aromatic carbocycles. The smallest absolute Gasteiger partial charge is 0.252 e. The number of aryl methyl sites for hydroxylation is 3. The number of fused-ring (bicyclic) bond motifs is 1. The van der Waals surface area contributed by atoms with Crippen molar-refractivity contribution in [1.29, 1.82) is 0 Å². The third-order valence-electron chi connectivity index (χ3n) is 3.74. The predicted molar refractivity (Wildman–Crippen MR) is 88.3 cm³/mol. The van der Waals surface area contributed by atoms with Crippen LogP contribution in [0.25, 0.3) is 10.9 Å². The van der Waals surface area contributed by atoms with Crippen molar-refractivity contribution in [3.05, 3.63) is 53.2 Å². The first-order valence-electron chi connectivity index (χ1n) is 7.54. The zero-order chi connectivity index (χ0) is 16.4. The number of pyridine rings is 1. The summed E-state index contributed by atoms with van der Waals surface area (Å²) in [5.41, 5.74) is 4.61. The Labute approximate surface area is 134 Å². The lowest BCUT2D eigenvalue weighted by atomic mass is 10.0. The normalized spacial score (nSPS) is 10.9. The lowest BCUT2D eigenvalue weighted by Gasteiger charge is -2.11. The molecule has 0 aliphatic rings. The van der Waals surface area contributed by atoms with Gasteiger partial charge in [0, 0.05) is 24.2 Å². The van der Waals surface area contributed by atoms with Crippen molar-refractivity contribution in [3.8, 4) is 0 Å². The molecule has 1 amide bonds. The molecular formula is C17H19N5O. The van der Waals surface area contributed by atoms with Gasteiger partial charge in [-0.1, -0.05) is 11.6 Å². The fourth-order valence-electron chi connectivity index (χ4n) is 2.73. The van der Waals surface area contributed by atoms with Gasteiger partial charge in [0.15, 0.2) is 0 Å². The number of carbonyl (C=O) groups is 1. The van der Waals surface area contributed by atoms with Crippen molar-refractivity contribution in [2.24, 2.45) is 0 Å². The number of carbonyl (C=O) groups excluding carboxylic acids is 1. The van der Waals surface area contributed by atoms with Gasteiger partial charge in [-0.25, -0.2) is 0 Å². The Kier molecular flexibility index (Phi) is 4.06. The van der Waals surface area contributed by atoms with Crippen molar-refractivity contribution in [3.63, 3.8) is 0 Å². The second kappa shape index (κ2) is 6.16. The summed E-state index contributed by atoms with van der Waals surface area (Å²) in [6.45, 7) is 7.12. The van der Waals surface area contributed by atoms with Gasteiger partial charge in [0.25, 0.3) is 5.91 Å². The zero-order valence-corrected chi connectivity index (χ0v) is 13.5. The van der Waals surface area contributed by atoms with Gasteiger partial charge in [0.2, 0.25) is 0 Å². The number of nitrogens with zero attached hydrogens (tertiary/aromatic N) is 4. The highest BCUT2D eigenvalue weighted by Gasteiger charge is 2.13. The SMILES string of the molecule is Cc1cc(C)c2nc(C)cc(C(=O)NCCn3cnnc3)c2c1. The van der Waals surface area contributed by atoms with E-state index in [4.69, 9.17) is 0 Å². The van der Waals surface area contributed by atoms with E-state index in [1.54, 1.807) is 12.7 Å². The summed E-state index contributed by atoms with van der Waals surface area (Å²) < 4.78 is 1.82. The van der Waals surface area contributed by atoms with Crippen LogP contribution in [0.3, 0.4) is 0 Å². The minimum absolute atomic E-state index is 0.0847. The molecule has 3 rings (SSSR count). The van der Waals surface area contributed by atoms with Gasteiger partial charge in [-0.2, -0.15) is 0 Å². The maximum absolute atomic E-state index is 12.6. The van der Waals surface area contributed by atoms with Crippen LogP contribution in [0.15, 0.2) is 30.9 Å². The molecule has 0 saturated carbocycles. The molecule has 0 bridgehead atoms. The molecule has 6 nitrogen and oxygen atoms in total. The van der Waals surface area contributed by atoms with Gasteiger partial charge < -0.3 is 9.88 Å². The molecule has 0 spiro atoms. The van der Waals surface area contributed by atoms with E-state index in [0.29, 0.717) is 18.7 Å². The van der Waals surface area contributed by atoms with Crippen molar-refractivity contribution < 1.29 is 4.79 Å². The first kappa shape index (κ1) is 15.1. The first-order chi connectivity index (χ1) is 11.0. The third kappa shape index (κ3) is 3.21. The summed E-state index contributed by atoms with van der Waals surface area (Å²) in [5, 5.41) is 11.3. The molecule has 0 radical (unpaired) electrons. The third-order valence-corrected chi connectivity index (χ3v) is 3.74. The topological polar surface area (TPSA) is 72.7 Å². The molecule has 0 saturated heterocycles. The summed E-state index contributed by atoms with van der Waals surface area (Å²) in [6, 6.07) is 5.95. The van der Waals surface area contributed by atoms with Crippen LogP contribution in [0.5, 0.6) is 0 Å². The minimum Gasteiger partial charge on any atom is -0.350 e. The number of benzene rings is 1. The highest BCUT2D eigenvalue weighted by molar-refractivity contribution is 6.07. The highest BCUT2D eigenvalue weighted by Crippen LogP contribution is 2.23. The standard InChI is InChI=1S/C17H19N5O/c1-11-6-12(2)16-14(7-11)15(8-13(3)21-16)17(23)18-4-5-22-9-19-20-10-22/h6-10H,4-5H2,1-3H3,(H,18,23). The summed E-state index contributed by atoms with van der Waals surface area (Å²) in [6.07, 6.45) is 3.26. The molecule has 2 heterocycles. The lowest BCUT2D eigenvalue weighted by Crippen LogP contribution is -2.27. The molecule has 1 N–H and O–H groups in total. The Hall–Kier alpha value is -2.76. The van der Waals surface area contributed by atoms with E-state index in [1.165, 1.54) is 0 Å². The molecule has 0 unspecified atom stereocenters. The number of nitrogens with one attached hydrogen (secondary N) is 1. The Bertz CT molecular complexity index is 855. The fourth-order valence-corrected chi connectivity index (χ4v) is 2.73. The molecule has 0 fully saturated rings. The summed E-state index contributed by atoms with van der Waals surface area (Å²) in [7, 11) is 0. The molecule has 23 heavy (non-hydrogen) atoms. The van der Waals surface area contributed by atoms with Crippen molar-refractivity contribution in [2.75, 3.05) is 6.54 Å². The second-order valence-electron chi connectivity index (χ2n) is 5.74. The zero-order valence-electron chi connectivity index (χ0n) is 13.5. The van der Waals surface area contributed by atoms with Gasteiger partial charge in [-0.3, -0.25) is 9.78 Å². The maximum atomic E-state index is 12.6. The second-order valence-corrected chi connectivity index (χ2v) is 5.74. The summed E-state index contributed by atoms with van der Waals surface area (Å²) >= 11 is 0. The van der Waals surface area contributed by atoms with Crippen LogP contribution >= 0.6 is 0 Å². The molecule has 3 aromatic rings. The molecular weight excluding hydrogens is 290 g/mol. The largest absolute Gasteiger partial charge is 0.350 e. The monoisotopic (exact) mass is 309 g/mol. The number of aromatic nitrogens is 4. The fraction of sp³-hybridized carbons (Fsp3) is 0.294. The first-order valence-corrected chi connectivity index (χ1v) is 7.54. The Morgan fingerprint density at radius 2 is 1.87 bits per heavy atom. The Morgan fingerprint density at radius 1 is 1.13 bits per heavy atom. The Balaban J connectivity index is 1.87. The van der Waals surface area contributed by atoms with Crippen LogP contribution in [-0.2, 0) is 6.54 Å². The van der Waals surface area contributed by atoms with E-state index in [2.05, 4.69) is 26.6 Å². The summed E-state index contributed by atoms with van der Waals surface area (Å²) in [4.78, 5) is 17.2. The minimum atomic E-state index is -0.0847. The van der Waals surface area contributed by atoms with Crippen LogP contribution in [0.4, 0.5) is 0 Å². The summed E-state index contributed by atoms with van der Waals surface area (Å²) in [5.74, 6) is -0.0847. The Morgan fingerprint density at radius 3 is 2.61 bits per heavy atom. The molecule has 6 heteroatoms. The van der Waals surface area contributed by atoms with Gasteiger partial charge in [0.1, 0.15) is 12.7 Å². The number of rotatable bonds is 4. The van der Waals surface area contributed by atoms with E-state index < -0.39 is 0 Å². The van der Waals surface area contributed by atoms with Crippen molar-refractivity contribution in [2.45, 2.75) is 27.3 Å². The molecule has 0 aliphatic heterocycles. The highest BCUT2D eigenvalue weighted by atomic mass is 16.1. The van der Waals surface area contributed by atoms with Gasteiger partial charge in [0.05, 0.1) is 11.1 Å². The number of hydrogen-bond acceptors (Lipinski definition) is 4. The maximum Gasteiger partial charge on any atom is 0.252 e. The van der Waals surface area contributed by atoms with Crippen LogP contribution in [0.2, 0.25) is 0 Å². The van der Waals surface area contributed by atoms with Gasteiger partial charge >= 0.3 is 0 Å². The number of amides is 1. The van der Waals surface area contributed by atoms with Gasteiger partial charge in [-0.15, -0.1) is 10.2 Å². The van der Waals surface area contributed by atoms with E-state index in [9.17, 15) is 4.79 Å². The quantitative estimate of drug-likeness (QED) is 0.802. The van der Waals surface area contributed by atoms with Crippen molar-refractivity contribution in [1.82, 2.24) is 25.1 Å². The molecule has 0 atom stereocenters. The average Bonchev–Trinajstić information content (AvgIpc) is 3.00. The van der Waals surface area contributed by atoms with E-state index >= 15 is 0 Å². The predicted octanol–water partition coefficient (Wildman–Crippen LogP) is 2.18. The molecule has 2 aromatic heterocycles. The lowest BCUT2D eigenvalue weighted by molar-refractivity contribution is 0.0954. The average molecular weight is 309 g/mol. The van der Waals surface area contributed by atoms with E-state index in [0.717, 1.165) is 27.7 Å². The molecule has 0 aliphatic carbocycles.